The van der Waals surface area contributed by atoms with Crippen LogP contribution in [-0.2, 0) is 0 Å². The molecular formula is C11H18N6O. The minimum atomic E-state index is 0.550. The number of fused-ring (bicyclic) bond motifs is 1. The first-order chi connectivity index (χ1) is 8.70. The lowest BCUT2D eigenvalue weighted by Crippen LogP contribution is -2.20. The van der Waals surface area contributed by atoms with Gasteiger partial charge in [0.1, 0.15) is 12.0 Å². The zero-order chi connectivity index (χ0) is 13.0. The van der Waals surface area contributed by atoms with Gasteiger partial charge in [-0.25, -0.2) is 0 Å². The SMILES string of the molecule is CCNc1nc(OCCN(C)C)c2cn[nH]c2n1. The van der Waals surface area contributed by atoms with E-state index in [1.807, 2.05) is 21.0 Å². The Morgan fingerprint density at radius 3 is 2.94 bits per heavy atom. The zero-order valence-corrected chi connectivity index (χ0v) is 10.9. The molecule has 0 amide bonds. The molecule has 0 unspecified atom stereocenters. The maximum absolute atomic E-state index is 5.68. The average Bonchev–Trinajstić information content (AvgIpc) is 2.77. The lowest BCUT2D eigenvalue weighted by atomic mass is 10.4. The number of anilines is 1. The molecule has 2 rings (SSSR count). The van der Waals surface area contributed by atoms with E-state index >= 15 is 0 Å². The van der Waals surface area contributed by atoms with Crippen LogP contribution in [0.2, 0.25) is 0 Å². The Bertz CT molecular complexity index is 509. The first kappa shape index (κ1) is 12.6. The summed E-state index contributed by atoms with van der Waals surface area (Å²) in [6.45, 7) is 4.17. The molecule has 7 heteroatoms. The number of ether oxygens (including phenoxy) is 1. The summed E-state index contributed by atoms with van der Waals surface area (Å²) in [5.74, 6) is 1.11. The highest BCUT2D eigenvalue weighted by Gasteiger charge is 2.10. The van der Waals surface area contributed by atoms with Crippen molar-refractivity contribution in [1.82, 2.24) is 25.1 Å². The Balaban J connectivity index is 2.20. The van der Waals surface area contributed by atoms with E-state index in [0.717, 1.165) is 18.5 Å². The molecule has 0 aliphatic heterocycles. The Hall–Kier alpha value is -1.89. The van der Waals surface area contributed by atoms with Crippen LogP contribution in [0.25, 0.3) is 11.0 Å². The number of hydrogen-bond donors (Lipinski definition) is 2. The first-order valence-electron chi connectivity index (χ1n) is 5.93. The third kappa shape index (κ3) is 2.86. The summed E-state index contributed by atoms with van der Waals surface area (Å²) in [4.78, 5) is 10.7. The van der Waals surface area contributed by atoms with Crippen LogP contribution in [0.15, 0.2) is 6.20 Å². The Morgan fingerprint density at radius 1 is 1.39 bits per heavy atom. The fourth-order valence-electron chi connectivity index (χ4n) is 1.48. The number of aromatic amines is 1. The lowest BCUT2D eigenvalue weighted by Gasteiger charge is -2.11. The maximum Gasteiger partial charge on any atom is 0.229 e. The van der Waals surface area contributed by atoms with Crippen molar-refractivity contribution in [3.63, 3.8) is 0 Å². The van der Waals surface area contributed by atoms with Crippen molar-refractivity contribution < 1.29 is 4.74 Å². The Labute approximate surface area is 106 Å². The minimum absolute atomic E-state index is 0.550. The second-order valence-corrected chi connectivity index (χ2v) is 4.17. The third-order valence-electron chi connectivity index (χ3n) is 2.39. The molecule has 7 nitrogen and oxygen atoms in total. The van der Waals surface area contributed by atoms with Crippen molar-refractivity contribution in [2.75, 3.05) is 39.1 Å². The van der Waals surface area contributed by atoms with Crippen molar-refractivity contribution in [2.24, 2.45) is 0 Å². The average molecular weight is 250 g/mol. The molecule has 2 aromatic heterocycles. The lowest BCUT2D eigenvalue weighted by molar-refractivity contribution is 0.256. The minimum Gasteiger partial charge on any atom is -0.476 e. The summed E-state index contributed by atoms with van der Waals surface area (Å²) in [6, 6.07) is 0. The van der Waals surface area contributed by atoms with Crippen molar-refractivity contribution >= 4 is 17.0 Å². The molecule has 2 heterocycles. The highest BCUT2D eigenvalue weighted by molar-refractivity contribution is 5.80. The molecule has 0 atom stereocenters. The number of hydrogen-bond acceptors (Lipinski definition) is 6. The van der Waals surface area contributed by atoms with Gasteiger partial charge in [0.2, 0.25) is 11.8 Å². The van der Waals surface area contributed by atoms with Gasteiger partial charge >= 0.3 is 0 Å². The standard InChI is InChI=1S/C11H18N6O/c1-4-12-11-14-9-8(7-13-16-9)10(15-11)18-6-5-17(2)3/h7H,4-6H2,1-3H3,(H2,12,13,14,15,16). The van der Waals surface area contributed by atoms with Crippen LogP contribution < -0.4 is 10.1 Å². The van der Waals surface area contributed by atoms with E-state index in [1.165, 1.54) is 0 Å². The Kier molecular flexibility index (Phi) is 3.93. The van der Waals surface area contributed by atoms with Crippen molar-refractivity contribution in [1.29, 1.82) is 0 Å². The summed E-state index contributed by atoms with van der Waals surface area (Å²) < 4.78 is 5.68. The normalized spacial score (nSPS) is 11.1. The summed E-state index contributed by atoms with van der Waals surface area (Å²) in [5, 5.41) is 10.7. The molecule has 0 spiro atoms. The molecule has 2 N–H and O–H groups in total. The van der Waals surface area contributed by atoms with E-state index in [2.05, 4.69) is 30.4 Å². The molecule has 0 bridgehead atoms. The van der Waals surface area contributed by atoms with Crippen LogP contribution >= 0.6 is 0 Å². The zero-order valence-electron chi connectivity index (χ0n) is 10.9. The summed E-state index contributed by atoms with van der Waals surface area (Å²) >= 11 is 0. The highest BCUT2D eigenvalue weighted by Crippen LogP contribution is 2.21. The molecule has 2 aromatic rings. The van der Waals surface area contributed by atoms with Gasteiger partial charge in [-0.2, -0.15) is 15.1 Å². The molecular weight excluding hydrogens is 232 g/mol. The van der Waals surface area contributed by atoms with Crippen LogP contribution in [0.5, 0.6) is 5.88 Å². The second-order valence-electron chi connectivity index (χ2n) is 4.17. The van der Waals surface area contributed by atoms with Gasteiger partial charge in [-0.3, -0.25) is 5.10 Å². The van der Waals surface area contributed by atoms with E-state index in [-0.39, 0.29) is 0 Å². The summed E-state index contributed by atoms with van der Waals surface area (Å²) in [5.41, 5.74) is 0.681. The molecule has 0 fully saturated rings. The predicted molar refractivity (Wildman–Crippen MR) is 69.9 cm³/mol. The quantitative estimate of drug-likeness (QED) is 0.786. The van der Waals surface area contributed by atoms with Gasteiger partial charge in [0, 0.05) is 13.1 Å². The van der Waals surface area contributed by atoms with Crippen LogP contribution in [0, 0.1) is 0 Å². The fraction of sp³-hybridized carbons (Fsp3) is 0.545. The van der Waals surface area contributed by atoms with Gasteiger partial charge < -0.3 is 15.0 Å². The molecule has 98 valence electrons. The van der Waals surface area contributed by atoms with Gasteiger partial charge in [-0.15, -0.1) is 0 Å². The molecule has 18 heavy (non-hydrogen) atoms. The number of nitrogens with one attached hydrogen (secondary N) is 2. The number of aromatic nitrogens is 4. The molecule has 0 aliphatic rings. The number of rotatable bonds is 6. The van der Waals surface area contributed by atoms with E-state index in [4.69, 9.17) is 4.74 Å². The second kappa shape index (κ2) is 5.63. The molecule has 0 saturated heterocycles. The van der Waals surface area contributed by atoms with Crippen LogP contribution in [-0.4, -0.2) is 58.9 Å². The van der Waals surface area contributed by atoms with Gasteiger partial charge in [0.25, 0.3) is 0 Å². The van der Waals surface area contributed by atoms with Crippen molar-refractivity contribution in [3.8, 4) is 5.88 Å². The summed E-state index contributed by atoms with van der Waals surface area (Å²) in [6.07, 6.45) is 1.68. The first-order valence-corrected chi connectivity index (χ1v) is 5.93. The molecule has 0 aromatic carbocycles. The van der Waals surface area contributed by atoms with Gasteiger partial charge in [0.15, 0.2) is 5.65 Å². The van der Waals surface area contributed by atoms with Crippen LogP contribution in [0.1, 0.15) is 6.92 Å². The monoisotopic (exact) mass is 250 g/mol. The molecule has 0 radical (unpaired) electrons. The van der Waals surface area contributed by atoms with Crippen molar-refractivity contribution in [3.05, 3.63) is 6.20 Å². The predicted octanol–water partition coefficient (Wildman–Crippen LogP) is 0.725. The van der Waals surface area contributed by atoms with Gasteiger partial charge in [-0.1, -0.05) is 0 Å². The van der Waals surface area contributed by atoms with Gasteiger partial charge in [0.05, 0.1) is 6.20 Å². The smallest absolute Gasteiger partial charge is 0.229 e. The number of H-pyrrole nitrogens is 1. The van der Waals surface area contributed by atoms with E-state index in [9.17, 15) is 0 Å². The number of likely N-dealkylation sites (N-methyl/N-ethyl adjacent to an activating group) is 1. The highest BCUT2D eigenvalue weighted by atomic mass is 16.5. The molecule has 0 saturated carbocycles. The van der Waals surface area contributed by atoms with E-state index < -0.39 is 0 Å². The van der Waals surface area contributed by atoms with E-state index in [1.54, 1.807) is 6.20 Å². The Morgan fingerprint density at radius 2 is 2.22 bits per heavy atom. The van der Waals surface area contributed by atoms with E-state index in [0.29, 0.717) is 24.1 Å². The number of nitrogens with zero attached hydrogens (tertiary/aromatic N) is 4. The third-order valence-corrected chi connectivity index (χ3v) is 2.39. The van der Waals surface area contributed by atoms with Crippen molar-refractivity contribution in [2.45, 2.75) is 6.92 Å². The maximum atomic E-state index is 5.68. The van der Waals surface area contributed by atoms with Crippen LogP contribution in [0.4, 0.5) is 5.95 Å². The largest absolute Gasteiger partial charge is 0.476 e. The molecule has 0 aliphatic carbocycles. The van der Waals surface area contributed by atoms with Crippen LogP contribution in [0.3, 0.4) is 0 Å². The van der Waals surface area contributed by atoms with Gasteiger partial charge in [-0.05, 0) is 21.0 Å². The fourth-order valence-corrected chi connectivity index (χ4v) is 1.48. The summed E-state index contributed by atoms with van der Waals surface area (Å²) in [7, 11) is 4.00. The topological polar surface area (TPSA) is 79.0 Å².